The van der Waals surface area contributed by atoms with Crippen molar-refractivity contribution in [2.75, 3.05) is 5.32 Å². The molecule has 2 aromatic rings. The standard InChI is InChI=1S/C16H17ClFN/c1-10-7-12(3)13(8-11(10)2)9-19-15-6-4-5-14(17)16(15)18/h4-8,19H,9H2,1-3H3. The predicted octanol–water partition coefficient (Wildman–Crippen LogP) is 5.02. The van der Waals surface area contributed by atoms with Crippen molar-refractivity contribution >= 4 is 17.3 Å². The molecule has 0 saturated heterocycles. The summed E-state index contributed by atoms with van der Waals surface area (Å²) in [5.41, 5.74) is 5.33. The van der Waals surface area contributed by atoms with Gasteiger partial charge in [-0.2, -0.15) is 0 Å². The van der Waals surface area contributed by atoms with Crippen LogP contribution in [0.4, 0.5) is 10.1 Å². The minimum absolute atomic E-state index is 0.141. The number of benzene rings is 2. The third-order valence-corrected chi connectivity index (χ3v) is 3.67. The van der Waals surface area contributed by atoms with E-state index < -0.39 is 5.82 Å². The highest BCUT2D eigenvalue weighted by Gasteiger charge is 2.07. The molecule has 1 N–H and O–H groups in total. The first-order valence-corrected chi connectivity index (χ1v) is 6.61. The van der Waals surface area contributed by atoms with Crippen LogP contribution >= 0.6 is 11.6 Å². The number of hydrogen-bond donors (Lipinski definition) is 1. The second-order valence-corrected chi connectivity index (χ2v) is 5.23. The van der Waals surface area contributed by atoms with Crippen LogP contribution in [0.2, 0.25) is 5.02 Å². The molecule has 19 heavy (non-hydrogen) atoms. The van der Waals surface area contributed by atoms with E-state index in [2.05, 4.69) is 38.2 Å². The SMILES string of the molecule is Cc1cc(C)c(CNc2cccc(Cl)c2F)cc1C. The summed E-state index contributed by atoms with van der Waals surface area (Å²) < 4.78 is 13.8. The van der Waals surface area contributed by atoms with Gasteiger partial charge in [-0.15, -0.1) is 0 Å². The topological polar surface area (TPSA) is 12.0 Å². The molecule has 2 aromatic carbocycles. The smallest absolute Gasteiger partial charge is 0.164 e. The fourth-order valence-corrected chi connectivity index (χ4v) is 2.22. The molecule has 0 aliphatic heterocycles. The van der Waals surface area contributed by atoms with Crippen molar-refractivity contribution in [3.05, 3.63) is 63.4 Å². The Labute approximate surface area is 118 Å². The van der Waals surface area contributed by atoms with Crippen molar-refractivity contribution in [3.8, 4) is 0 Å². The maximum Gasteiger partial charge on any atom is 0.164 e. The van der Waals surface area contributed by atoms with E-state index in [1.165, 1.54) is 22.3 Å². The van der Waals surface area contributed by atoms with Crippen molar-refractivity contribution in [3.63, 3.8) is 0 Å². The van der Waals surface area contributed by atoms with E-state index in [-0.39, 0.29) is 5.02 Å². The van der Waals surface area contributed by atoms with Crippen LogP contribution in [-0.2, 0) is 6.54 Å². The molecular formula is C16H17ClFN. The number of aryl methyl sites for hydroxylation is 3. The van der Waals surface area contributed by atoms with Crippen LogP contribution in [0, 0.1) is 26.6 Å². The molecule has 3 heteroatoms. The molecule has 1 nitrogen and oxygen atoms in total. The van der Waals surface area contributed by atoms with Crippen molar-refractivity contribution in [2.24, 2.45) is 0 Å². The summed E-state index contributed by atoms with van der Waals surface area (Å²) in [6.45, 7) is 6.83. The number of rotatable bonds is 3. The number of anilines is 1. The van der Waals surface area contributed by atoms with Gasteiger partial charge in [-0.1, -0.05) is 29.8 Å². The Morgan fingerprint density at radius 1 is 1.05 bits per heavy atom. The van der Waals surface area contributed by atoms with Crippen LogP contribution in [0.15, 0.2) is 30.3 Å². The largest absolute Gasteiger partial charge is 0.379 e. The van der Waals surface area contributed by atoms with Gasteiger partial charge < -0.3 is 5.32 Å². The maximum absolute atomic E-state index is 13.8. The van der Waals surface area contributed by atoms with Gasteiger partial charge in [0.25, 0.3) is 0 Å². The molecule has 0 bridgehead atoms. The molecular weight excluding hydrogens is 261 g/mol. The van der Waals surface area contributed by atoms with E-state index in [0.29, 0.717) is 12.2 Å². The first-order valence-electron chi connectivity index (χ1n) is 6.23. The molecule has 0 fully saturated rings. The highest BCUT2D eigenvalue weighted by atomic mass is 35.5. The number of hydrogen-bond acceptors (Lipinski definition) is 1. The van der Waals surface area contributed by atoms with Crippen LogP contribution in [0.5, 0.6) is 0 Å². The molecule has 0 spiro atoms. The van der Waals surface area contributed by atoms with Crippen LogP contribution in [0.3, 0.4) is 0 Å². The van der Waals surface area contributed by atoms with Gasteiger partial charge in [0.15, 0.2) is 5.82 Å². The molecule has 0 aromatic heterocycles. The zero-order valence-electron chi connectivity index (χ0n) is 11.3. The number of halogens is 2. The molecule has 0 saturated carbocycles. The first-order chi connectivity index (χ1) is 8.99. The van der Waals surface area contributed by atoms with Gasteiger partial charge in [-0.25, -0.2) is 4.39 Å². The Balaban J connectivity index is 2.19. The predicted molar refractivity (Wildman–Crippen MR) is 79.4 cm³/mol. The zero-order valence-corrected chi connectivity index (χ0v) is 12.1. The average molecular weight is 278 g/mol. The van der Waals surface area contributed by atoms with Gasteiger partial charge in [0.05, 0.1) is 10.7 Å². The summed E-state index contributed by atoms with van der Waals surface area (Å²) in [5.74, 6) is -0.398. The van der Waals surface area contributed by atoms with Gasteiger partial charge in [0.2, 0.25) is 0 Å². The maximum atomic E-state index is 13.8. The minimum Gasteiger partial charge on any atom is -0.379 e. The van der Waals surface area contributed by atoms with E-state index in [1.54, 1.807) is 18.2 Å². The Morgan fingerprint density at radius 3 is 2.47 bits per heavy atom. The zero-order chi connectivity index (χ0) is 14.0. The van der Waals surface area contributed by atoms with Crippen LogP contribution in [0.1, 0.15) is 22.3 Å². The molecule has 0 aliphatic rings. The third-order valence-electron chi connectivity index (χ3n) is 3.37. The van der Waals surface area contributed by atoms with Crippen molar-refractivity contribution in [1.82, 2.24) is 0 Å². The van der Waals surface area contributed by atoms with Gasteiger partial charge in [-0.3, -0.25) is 0 Å². The van der Waals surface area contributed by atoms with Gasteiger partial charge >= 0.3 is 0 Å². The van der Waals surface area contributed by atoms with E-state index in [4.69, 9.17) is 11.6 Å². The van der Waals surface area contributed by atoms with Crippen LogP contribution < -0.4 is 5.32 Å². The molecule has 0 aliphatic carbocycles. The summed E-state index contributed by atoms with van der Waals surface area (Å²) in [6.07, 6.45) is 0. The Kier molecular flexibility index (Phi) is 4.11. The van der Waals surface area contributed by atoms with Gasteiger partial charge in [-0.05, 0) is 55.2 Å². The van der Waals surface area contributed by atoms with Crippen molar-refractivity contribution in [1.29, 1.82) is 0 Å². The van der Waals surface area contributed by atoms with E-state index in [1.807, 2.05) is 0 Å². The van der Waals surface area contributed by atoms with Gasteiger partial charge in [0.1, 0.15) is 0 Å². The van der Waals surface area contributed by atoms with Crippen molar-refractivity contribution < 1.29 is 4.39 Å². The van der Waals surface area contributed by atoms with E-state index in [0.717, 1.165) is 0 Å². The third kappa shape index (κ3) is 3.07. The second kappa shape index (κ2) is 5.62. The van der Waals surface area contributed by atoms with E-state index >= 15 is 0 Å². The van der Waals surface area contributed by atoms with E-state index in [9.17, 15) is 4.39 Å². The molecule has 0 atom stereocenters. The average Bonchev–Trinajstić information content (AvgIpc) is 2.37. The lowest BCUT2D eigenvalue weighted by molar-refractivity contribution is 0.630. The highest BCUT2D eigenvalue weighted by molar-refractivity contribution is 6.31. The monoisotopic (exact) mass is 277 g/mol. The molecule has 0 radical (unpaired) electrons. The summed E-state index contributed by atoms with van der Waals surface area (Å²) in [7, 11) is 0. The summed E-state index contributed by atoms with van der Waals surface area (Å²) in [6, 6.07) is 9.27. The lowest BCUT2D eigenvalue weighted by atomic mass is 10.0. The molecule has 0 unspecified atom stereocenters. The quantitative estimate of drug-likeness (QED) is 0.831. The molecule has 2 rings (SSSR count). The van der Waals surface area contributed by atoms with Crippen molar-refractivity contribution in [2.45, 2.75) is 27.3 Å². The lowest BCUT2D eigenvalue weighted by Gasteiger charge is -2.12. The molecule has 100 valence electrons. The Bertz CT molecular complexity index is 608. The summed E-state index contributed by atoms with van der Waals surface area (Å²) in [5, 5.41) is 3.24. The summed E-state index contributed by atoms with van der Waals surface area (Å²) >= 11 is 5.76. The fraction of sp³-hybridized carbons (Fsp3) is 0.250. The minimum atomic E-state index is -0.398. The Morgan fingerprint density at radius 2 is 1.74 bits per heavy atom. The molecule has 0 heterocycles. The normalized spacial score (nSPS) is 10.6. The molecule has 0 amide bonds. The Hall–Kier alpha value is -1.54. The second-order valence-electron chi connectivity index (χ2n) is 4.82. The van der Waals surface area contributed by atoms with Crippen LogP contribution in [0.25, 0.3) is 0 Å². The fourth-order valence-electron chi connectivity index (χ4n) is 2.04. The summed E-state index contributed by atoms with van der Waals surface area (Å²) in [4.78, 5) is 0. The lowest BCUT2D eigenvalue weighted by Crippen LogP contribution is -2.04. The number of nitrogens with one attached hydrogen (secondary N) is 1. The highest BCUT2D eigenvalue weighted by Crippen LogP contribution is 2.23. The first kappa shape index (κ1) is 13.9. The van der Waals surface area contributed by atoms with Crippen LogP contribution in [-0.4, -0.2) is 0 Å². The van der Waals surface area contributed by atoms with Gasteiger partial charge in [0, 0.05) is 6.54 Å².